The zero-order valence-electron chi connectivity index (χ0n) is 11.4. The van der Waals surface area contributed by atoms with Crippen LogP contribution in [0.1, 0.15) is 52.4 Å². The Bertz CT molecular complexity index is 428. The number of carbonyl (C=O) groups is 1. The average molecular weight is 246 g/mol. The summed E-state index contributed by atoms with van der Waals surface area (Å²) in [5.41, 5.74) is 1.10. The third kappa shape index (κ3) is 2.02. The molecule has 3 rings (SSSR count). The first-order valence-electron chi connectivity index (χ1n) is 7.16. The summed E-state index contributed by atoms with van der Waals surface area (Å²) < 4.78 is 6.08. The zero-order chi connectivity index (χ0) is 12.8. The first kappa shape index (κ1) is 12.0. The van der Waals surface area contributed by atoms with E-state index in [1.807, 2.05) is 0 Å². The molecule has 98 valence electrons. The van der Waals surface area contributed by atoms with Crippen LogP contribution in [0, 0.1) is 11.3 Å². The highest BCUT2D eigenvalue weighted by Gasteiger charge is 2.44. The van der Waals surface area contributed by atoms with E-state index >= 15 is 0 Å². The van der Waals surface area contributed by atoms with Gasteiger partial charge >= 0.3 is 0 Å². The summed E-state index contributed by atoms with van der Waals surface area (Å²) in [7, 11) is 0. The summed E-state index contributed by atoms with van der Waals surface area (Å²) in [6, 6.07) is 0. The number of ether oxygens (including phenoxy) is 1. The minimum Gasteiger partial charge on any atom is -0.490 e. The Morgan fingerprint density at radius 3 is 2.94 bits per heavy atom. The smallest absolute Gasteiger partial charge is 0.163 e. The van der Waals surface area contributed by atoms with Gasteiger partial charge in [0.25, 0.3) is 0 Å². The van der Waals surface area contributed by atoms with Gasteiger partial charge in [0.05, 0.1) is 0 Å². The second kappa shape index (κ2) is 4.25. The van der Waals surface area contributed by atoms with Gasteiger partial charge in [-0.25, -0.2) is 0 Å². The topological polar surface area (TPSA) is 26.3 Å². The highest BCUT2D eigenvalue weighted by molar-refractivity contribution is 5.98. The third-order valence-corrected chi connectivity index (χ3v) is 4.39. The molecule has 0 bridgehead atoms. The Hall–Kier alpha value is -1.05. The molecule has 0 saturated heterocycles. The van der Waals surface area contributed by atoms with E-state index in [9.17, 15) is 4.79 Å². The summed E-state index contributed by atoms with van der Waals surface area (Å²) in [6.07, 6.45) is 10.9. The first-order valence-corrected chi connectivity index (χ1v) is 7.16. The standard InChI is InChI=1S/C16H22O2/c1-16(2)9-12(17)15-11-7-5-3-4-6-8-13(11)18-14(15)10-16/h6,8,11,13H,3-5,7,9-10H2,1-2H3/b8-6-/t11-,13+/m1/s1. The van der Waals surface area contributed by atoms with Gasteiger partial charge in [0.15, 0.2) is 5.78 Å². The summed E-state index contributed by atoms with van der Waals surface area (Å²) >= 11 is 0. The molecule has 0 aromatic rings. The Morgan fingerprint density at radius 1 is 1.28 bits per heavy atom. The predicted molar refractivity (Wildman–Crippen MR) is 71.0 cm³/mol. The zero-order valence-corrected chi connectivity index (χ0v) is 11.4. The summed E-state index contributed by atoms with van der Waals surface area (Å²) in [5.74, 6) is 1.67. The molecule has 2 nitrogen and oxygen atoms in total. The van der Waals surface area contributed by atoms with Crippen LogP contribution >= 0.6 is 0 Å². The van der Waals surface area contributed by atoms with Crippen molar-refractivity contribution >= 4 is 5.78 Å². The van der Waals surface area contributed by atoms with Crippen molar-refractivity contribution in [3.8, 4) is 0 Å². The predicted octanol–water partition coefficient (Wildman–Crippen LogP) is 3.77. The number of fused-ring (bicyclic) bond motifs is 2. The van der Waals surface area contributed by atoms with Crippen molar-refractivity contribution in [2.45, 2.75) is 58.5 Å². The van der Waals surface area contributed by atoms with Crippen LogP contribution < -0.4 is 0 Å². The van der Waals surface area contributed by atoms with E-state index in [4.69, 9.17) is 4.74 Å². The summed E-state index contributed by atoms with van der Waals surface area (Å²) in [4.78, 5) is 12.4. The fraction of sp³-hybridized carbons (Fsp3) is 0.688. The van der Waals surface area contributed by atoms with Crippen molar-refractivity contribution in [1.82, 2.24) is 0 Å². The van der Waals surface area contributed by atoms with E-state index in [2.05, 4.69) is 26.0 Å². The fourth-order valence-electron chi connectivity index (χ4n) is 3.55. The molecule has 2 heteroatoms. The molecule has 0 spiro atoms. The van der Waals surface area contributed by atoms with Gasteiger partial charge < -0.3 is 4.74 Å². The highest BCUT2D eigenvalue weighted by Crippen LogP contribution is 2.47. The lowest BCUT2D eigenvalue weighted by atomic mass is 9.73. The van der Waals surface area contributed by atoms with Gasteiger partial charge in [-0.2, -0.15) is 0 Å². The molecule has 0 fully saturated rings. The van der Waals surface area contributed by atoms with Crippen LogP contribution in [0.25, 0.3) is 0 Å². The largest absolute Gasteiger partial charge is 0.490 e. The second-order valence-corrected chi connectivity index (χ2v) is 6.68. The molecule has 2 aliphatic carbocycles. The van der Waals surface area contributed by atoms with E-state index in [1.54, 1.807) is 0 Å². The Morgan fingerprint density at radius 2 is 2.11 bits per heavy atom. The summed E-state index contributed by atoms with van der Waals surface area (Å²) in [6.45, 7) is 4.32. The SMILES string of the molecule is CC1(C)CC(=O)C2=C(C1)O[C@H]1/C=C\CCCC[C@@H]21. The number of allylic oxidation sites excluding steroid dienone is 2. The maximum Gasteiger partial charge on any atom is 0.163 e. The van der Waals surface area contributed by atoms with Gasteiger partial charge in [0.2, 0.25) is 0 Å². The molecule has 0 aromatic carbocycles. The normalized spacial score (nSPS) is 36.2. The first-order chi connectivity index (χ1) is 8.57. The number of hydrogen-bond donors (Lipinski definition) is 0. The van der Waals surface area contributed by atoms with Crippen molar-refractivity contribution in [2.24, 2.45) is 11.3 Å². The molecule has 0 amide bonds. The molecular formula is C16H22O2. The second-order valence-electron chi connectivity index (χ2n) is 6.68. The highest BCUT2D eigenvalue weighted by atomic mass is 16.5. The lowest BCUT2D eigenvalue weighted by molar-refractivity contribution is -0.118. The quantitative estimate of drug-likeness (QED) is 0.608. The molecule has 0 N–H and O–H groups in total. The molecule has 0 aromatic heterocycles. The maximum absolute atomic E-state index is 12.4. The molecule has 18 heavy (non-hydrogen) atoms. The molecular weight excluding hydrogens is 224 g/mol. The molecule has 0 radical (unpaired) electrons. The Labute approximate surface area is 109 Å². The van der Waals surface area contributed by atoms with Crippen LogP contribution in [0.3, 0.4) is 0 Å². The molecule has 0 saturated carbocycles. The minimum atomic E-state index is 0.0687. The average Bonchev–Trinajstić information content (AvgIpc) is 2.53. The van der Waals surface area contributed by atoms with Crippen LogP contribution in [0.5, 0.6) is 0 Å². The van der Waals surface area contributed by atoms with E-state index in [1.165, 1.54) is 12.8 Å². The van der Waals surface area contributed by atoms with E-state index < -0.39 is 0 Å². The van der Waals surface area contributed by atoms with Gasteiger partial charge in [-0.3, -0.25) is 4.79 Å². The molecule has 3 aliphatic rings. The van der Waals surface area contributed by atoms with Crippen LogP contribution in [-0.2, 0) is 9.53 Å². The fourth-order valence-corrected chi connectivity index (χ4v) is 3.55. The van der Waals surface area contributed by atoms with Crippen molar-refractivity contribution in [1.29, 1.82) is 0 Å². The van der Waals surface area contributed by atoms with Gasteiger partial charge in [-0.15, -0.1) is 0 Å². The van der Waals surface area contributed by atoms with Crippen LogP contribution in [0.2, 0.25) is 0 Å². The number of carbonyl (C=O) groups excluding carboxylic acids is 1. The molecule has 2 atom stereocenters. The lowest BCUT2D eigenvalue weighted by Crippen LogP contribution is -2.27. The molecule has 1 aliphatic heterocycles. The minimum absolute atomic E-state index is 0.0687. The monoisotopic (exact) mass is 246 g/mol. The summed E-state index contributed by atoms with van der Waals surface area (Å²) in [5, 5.41) is 0. The number of ketones is 1. The van der Waals surface area contributed by atoms with Gasteiger partial charge in [-0.1, -0.05) is 26.3 Å². The number of rotatable bonds is 0. The van der Waals surface area contributed by atoms with E-state index in [0.29, 0.717) is 18.1 Å². The van der Waals surface area contributed by atoms with Gasteiger partial charge in [0.1, 0.15) is 11.9 Å². The van der Waals surface area contributed by atoms with Crippen molar-refractivity contribution < 1.29 is 9.53 Å². The van der Waals surface area contributed by atoms with Gasteiger partial charge in [0, 0.05) is 24.3 Å². The van der Waals surface area contributed by atoms with Crippen LogP contribution in [0.15, 0.2) is 23.5 Å². The van der Waals surface area contributed by atoms with E-state index in [0.717, 1.165) is 30.6 Å². The van der Waals surface area contributed by atoms with E-state index in [-0.39, 0.29) is 11.5 Å². The third-order valence-electron chi connectivity index (χ3n) is 4.39. The number of hydrogen-bond acceptors (Lipinski definition) is 2. The number of Topliss-reactive ketones (excluding diaryl/α,β-unsaturated/α-hetero) is 1. The molecule has 0 unspecified atom stereocenters. The van der Waals surface area contributed by atoms with Gasteiger partial charge in [-0.05, 0) is 30.8 Å². The molecule has 1 heterocycles. The lowest BCUT2D eigenvalue weighted by Gasteiger charge is -2.29. The Kier molecular flexibility index (Phi) is 2.84. The van der Waals surface area contributed by atoms with Crippen molar-refractivity contribution in [2.75, 3.05) is 0 Å². The van der Waals surface area contributed by atoms with Crippen LogP contribution in [-0.4, -0.2) is 11.9 Å². The van der Waals surface area contributed by atoms with Crippen LogP contribution in [0.4, 0.5) is 0 Å². The maximum atomic E-state index is 12.4. The van der Waals surface area contributed by atoms with Crippen molar-refractivity contribution in [3.05, 3.63) is 23.5 Å². The van der Waals surface area contributed by atoms with Crippen molar-refractivity contribution in [3.63, 3.8) is 0 Å². The Balaban J connectivity index is 1.92.